The molecule has 0 nitrogen and oxygen atoms in total. The van der Waals surface area contributed by atoms with Crippen molar-refractivity contribution in [3.63, 3.8) is 0 Å². The van der Waals surface area contributed by atoms with Gasteiger partial charge in [0, 0.05) is 17.7 Å². The van der Waals surface area contributed by atoms with E-state index in [9.17, 15) is 13.2 Å². The summed E-state index contributed by atoms with van der Waals surface area (Å²) < 4.78 is 39.4. The Hall–Kier alpha value is -0.700. The number of alkyl halides is 1. The third-order valence-corrected chi connectivity index (χ3v) is 3.52. The van der Waals surface area contributed by atoms with Crippen LogP contribution in [0.5, 0.6) is 0 Å². The number of hydrogen-bond donors (Lipinski definition) is 0. The molecule has 0 saturated heterocycles. The van der Waals surface area contributed by atoms with Gasteiger partial charge in [0.15, 0.2) is 0 Å². The Bertz CT molecular complexity index is 365. The fraction of sp³-hybridized carbons (Fsp3) is 0.500. The minimum absolute atomic E-state index is 0.199. The lowest BCUT2D eigenvalue weighted by Crippen LogP contribution is -2.14. The Morgan fingerprint density at radius 3 is 2.19 bits per heavy atom. The highest BCUT2D eigenvalue weighted by Gasteiger charge is 2.26. The second-order valence-corrected chi connectivity index (χ2v) is 4.81. The predicted molar refractivity (Wildman–Crippen MR) is 56.9 cm³/mol. The highest BCUT2D eigenvalue weighted by atomic mass is 35.5. The van der Waals surface area contributed by atoms with Gasteiger partial charge >= 0.3 is 0 Å². The van der Waals surface area contributed by atoms with Crippen molar-refractivity contribution in [1.82, 2.24) is 0 Å². The van der Waals surface area contributed by atoms with Crippen molar-refractivity contribution < 1.29 is 13.2 Å². The normalized spacial score (nSPS) is 18.2. The van der Waals surface area contributed by atoms with Crippen LogP contribution in [0.2, 0.25) is 0 Å². The van der Waals surface area contributed by atoms with Gasteiger partial charge in [0.2, 0.25) is 0 Å². The Morgan fingerprint density at radius 1 is 1.19 bits per heavy atom. The number of halogens is 4. The maximum atomic E-state index is 13.4. The molecule has 0 N–H and O–H groups in total. The zero-order chi connectivity index (χ0) is 11.7. The molecule has 0 aliphatic heterocycles. The van der Waals surface area contributed by atoms with Gasteiger partial charge in [-0.2, -0.15) is 0 Å². The van der Waals surface area contributed by atoms with E-state index in [2.05, 4.69) is 0 Å². The van der Waals surface area contributed by atoms with Gasteiger partial charge in [0.1, 0.15) is 17.5 Å². The van der Waals surface area contributed by atoms with Crippen LogP contribution in [-0.4, -0.2) is 0 Å². The van der Waals surface area contributed by atoms with E-state index in [1.807, 2.05) is 0 Å². The molecule has 88 valence electrons. The van der Waals surface area contributed by atoms with E-state index in [-0.39, 0.29) is 5.56 Å². The summed E-state index contributed by atoms with van der Waals surface area (Å²) in [6, 6.07) is 1.35. The van der Waals surface area contributed by atoms with Crippen molar-refractivity contribution in [3.05, 3.63) is 35.1 Å². The Labute approximate surface area is 97.4 Å². The molecule has 1 aliphatic rings. The molecule has 1 aliphatic carbocycles. The molecule has 0 heterocycles. The summed E-state index contributed by atoms with van der Waals surface area (Å²) in [6.45, 7) is 0. The van der Waals surface area contributed by atoms with E-state index < -0.39 is 22.8 Å². The van der Waals surface area contributed by atoms with Gasteiger partial charge in [0.25, 0.3) is 0 Å². The van der Waals surface area contributed by atoms with Crippen LogP contribution in [0.1, 0.15) is 36.6 Å². The molecule has 0 bridgehead atoms. The minimum Gasteiger partial charge on any atom is -0.207 e. The first-order valence-electron chi connectivity index (χ1n) is 5.36. The van der Waals surface area contributed by atoms with Crippen LogP contribution in [0.4, 0.5) is 13.2 Å². The molecule has 1 unspecified atom stereocenters. The Balaban J connectivity index is 2.17. The highest BCUT2D eigenvalue weighted by Crippen LogP contribution is 2.39. The molecule has 0 aromatic heterocycles. The molecule has 16 heavy (non-hydrogen) atoms. The molecule has 0 radical (unpaired) electrons. The monoisotopic (exact) mass is 248 g/mol. The van der Waals surface area contributed by atoms with Crippen LogP contribution in [0, 0.1) is 23.4 Å². The molecule has 1 aromatic carbocycles. The van der Waals surface area contributed by atoms with Gasteiger partial charge in [-0.15, -0.1) is 11.6 Å². The van der Waals surface area contributed by atoms with Crippen molar-refractivity contribution in [1.29, 1.82) is 0 Å². The number of benzene rings is 1. The fourth-order valence-electron chi connectivity index (χ4n) is 1.99. The topological polar surface area (TPSA) is 0 Å². The van der Waals surface area contributed by atoms with E-state index in [1.165, 1.54) is 0 Å². The molecular weight excluding hydrogens is 237 g/mol. The third kappa shape index (κ3) is 2.34. The molecule has 0 spiro atoms. The SMILES string of the molecule is Fc1cc(F)c(C(Cl)CC2CCC2)c(F)c1. The molecule has 1 atom stereocenters. The van der Waals surface area contributed by atoms with Crippen molar-refractivity contribution in [2.24, 2.45) is 5.92 Å². The maximum absolute atomic E-state index is 13.4. The summed E-state index contributed by atoms with van der Waals surface area (Å²) in [6.07, 6.45) is 3.84. The van der Waals surface area contributed by atoms with E-state index in [0.29, 0.717) is 24.5 Å². The van der Waals surface area contributed by atoms with Crippen LogP contribution >= 0.6 is 11.6 Å². The summed E-state index contributed by atoms with van der Waals surface area (Å²) in [5.74, 6) is -2.24. The minimum atomic E-state index is -0.911. The smallest absolute Gasteiger partial charge is 0.133 e. The standard InChI is InChI=1S/C12H12ClF3/c13-9(4-7-2-1-3-7)12-10(15)5-8(14)6-11(12)16/h5-7,9H,1-4H2. The van der Waals surface area contributed by atoms with Gasteiger partial charge in [-0.3, -0.25) is 0 Å². The van der Waals surface area contributed by atoms with Gasteiger partial charge < -0.3 is 0 Å². The Kier molecular flexibility index (Phi) is 3.43. The summed E-state index contributed by atoms with van der Waals surface area (Å²) in [5.41, 5.74) is -0.199. The molecule has 1 fully saturated rings. The van der Waals surface area contributed by atoms with Gasteiger partial charge in [-0.1, -0.05) is 19.3 Å². The first-order valence-corrected chi connectivity index (χ1v) is 5.80. The second-order valence-electron chi connectivity index (χ2n) is 4.28. The maximum Gasteiger partial charge on any atom is 0.133 e. The van der Waals surface area contributed by atoms with E-state index in [4.69, 9.17) is 11.6 Å². The van der Waals surface area contributed by atoms with Crippen LogP contribution in [0.3, 0.4) is 0 Å². The van der Waals surface area contributed by atoms with Crippen molar-refractivity contribution in [2.75, 3.05) is 0 Å². The lowest BCUT2D eigenvalue weighted by atomic mass is 9.81. The number of rotatable bonds is 3. The summed E-state index contributed by atoms with van der Waals surface area (Å²) in [5, 5.41) is -0.703. The average molecular weight is 249 g/mol. The van der Waals surface area contributed by atoms with Crippen LogP contribution in [0.15, 0.2) is 12.1 Å². The molecule has 2 rings (SSSR count). The van der Waals surface area contributed by atoms with E-state index in [1.54, 1.807) is 0 Å². The van der Waals surface area contributed by atoms with Crippen molar-refractivity contribution in [2.45, 2.75) is 31.1 Å². The fourth-order valence-corrected chi connectivity index (χ4v) is 2.45. The summed E-state index contributed by atoms with van der Waals surface area (Å²) in [7, 11) is 0. The van der Waals surface area contributed by atoms with Crippen molar-refractivity contribution in [3.8, 4) is 0 Å². The van der Waals surface area contributed by atoms with E-state index in [0.717, 1.165) is 19.3 Å². The third-order valence-electron chi connectivity index (χ3n) is 3.12. The van der Waals surface area contributed by atoms with Gasteiger partial charge in [-0.25, -0.2) is 13.2 Å². The predicted octanol–water partition coefficient (Wildman–Crippen LogP) is 4.57. The van der Waals surface area contributed by atoms with Gasteiger partial charge in [0.05, 0.1) is 5.38 Å². The quantitative estimate of drug-likeness (QED) is 0.687. The second kappa shape index (κ2) is 4.66. The highest BCUT2D eigenvalue weighted by molar-refractivity contribution is 6.20. The molecule has 1 aromatic rings. The lowest BCUT2D eigenvalue weighted by Gasteiger charge is -2.27. The van der Waals surface area contributed by atoms with Gasteiger partial charge in [-0.05, 0) is 12.3 Å². The zero-order valence-corrected chi connectivity index (χ0v) is 9.41. The van der Waals surface area contributed by atoms with Crippen LogP contribution in [0.25, 0.3) is 0 Å². The summed E-state index contributed by atoms with van der Waals surface area (Å²) in [4.78, 5) is 0. The first-order chi connectivity index (χ1) is 7.58. The zero-order valence-electron chi connectivity index (χ0n) is 8.65. The average Bonchev–Trinajstić information content (AvgIpc) is 2.09. The molecule has 0 amide bonds. The summed E-state index contributed by atoms with van der Waals surface area (Å²) >= 11 is 5.97. The largest absolute Gasteiger partial charge is 0.207 e. The number of hydrogen-bond acceptors (Lipinski definition) is 0. The molecule has 1 saturated carbocycles. The molecular formula is C12H12ClF3. The molecule has 4 heteroatoms. The van der Waals surface area contributed by atoms with E-state index >= 15 is 0 Å². The van der Waals surface area contributed by atoms with Crippen LogP contribution < -0.4 is 0 Å². The van der Waals surface area contributed by atoms with Crippen LogP contribution in [-0.2, 0) is 0 Å². The first kappa shape index (κ1) is 11.8. The Morgan fingerprint density at radius 2 is 1.75 bits per heavy atom. The lowest BCUT2D eigenvalue weighted by molar-refractivity contribution is 0.290. The van der Waals surface area contributed by atoms with Crippen molar-refractivity contribution >= 4 is 11.6 Å².